The van der Waals surface area contributed by atoms with E-state index in [1.807, 2.05) is 27.8 Å². The molecule has 4 heteroatoms. The van der Waals surface area contributed by atoms with Crippen molar-refractivity contribution in [3.63, 3.8) is 0 Å². The molecule has 0 radical (unpaired) electrons. The van der Waals surface area contributed by atoms with Crippen molar-refractivity contribution in [2.24, 2.45) is 7.05 Å². The molecule has 0 atom stereocenters. The maximum Gasteiger partial charge on any atom is 0.158 e. The molecular formula is C12H16FN3. The number of fused-ring (bicyclic) bond motifs is 1. The highest BCUT2D eigenvalue weighted by molar-refractivity contribution is 5.79. The minimum absolute atomic E-state index is 0.232. The molecule has 0 spiro atoms. The van der Waals surface area contributed by atoms with Crippen LogP contribution >= 0.6 is 0 Å². The van der Waals surface area contributed by atoms with Crippen molar-refractivity contribution in [3.05, 3.63) is 23.3 Å². The summed E-state index contributed by atoms with van der Waals surface area (Å²) in [7, 11) is 1.85. The van der Waals surface area contributed by atoms with Gasteiger partial charge in [-0.3, -0.25) is 4.68 Å². The summed E-state index contributed by atoms with van der Waals surface area (Å²) in [6.07, 6.45) is 0.601. The van der Waals surface area contributed by atoms with Gasteiger partial charge in [0.05, 0.1) is 11.4 Å². The molecule has 2 rings (SSSR count). The first-order valence-corrected chi connectivity index (χ1v) is 5.56. The monoisotopic (exact) mass is 221 g/mol. The van der Waals surface area contributed by atoms with Crippen molar-refractivity contribution >= 4 is 11.0 Å². The summed E-state index contributed by atoms with van der Waals surface area (Å²) < 4.78 is 15.4. The molecule has 0 aromatic carbocycles. The van der Waals surface area contributed by atoms with Gasteiger partial charge in [0.1, 0.15) is 5.82 Å². The van der Waals surface area contributed by atoms with Crippen molar-refractivity contribution in [1.29, 1.82) is 0 Å². The average molecular weight is 221 g/mol. The summed E-state index contributed by atoms with van der Waals surface area (Å²) in [6, 6.07) is 1.56. The van der Waals surface area contributed by atoms with Gasteiger partial charge in [-0.15, -0.1) is 0 Å². The molecule has 86 valence electrons. The highest BCUT2D eigenvalue weighted by Crippen LogP contribution is 2.24. The molecule has 0 N–H and O–H groups in total. The number of rotatable bonds is 2. The molecule has 0 saturated carbocycles. The van der Waals surface area contributed by atoms with Crippen LogP contribution in [0.1, 0.15) is 38.1 Å². The Bertz CT molecular complexity index is 529. The van der Waals surface area contributed by atoms with Crippen LogP contribution in [-0.4, -0.2) is 14.8 Å². The first-order chi connectivity index (χ1) is 7.54. The molecule has 0 saturated heterocycles. The summed E-state index contributed by atoms with van der Waals surface area (Å²) in [5.41, 5.74) is 2.18. The van der Waals surface area contributed by atoms with Crippen molar-refractivity contribution in [2.75, 3.05) is 0 Å². The summed E-state index contributed by atoms with van der Waals surface area (Å²) in [6.45, 7) is 6.00. The minimum atomic E-state index is -0.232. The Morgan fingerprint density at radius 2 is 2.12 bits per heavy atom. The largest absolute Gasteiger partial charge is 0.250 e. The Balaban J connectivity index is 2.77. The molecule has 2 heterocycles. The minimum Gasteiger partial charge on any atom is -0.250 e. The van der Waals surface area contributed by atoms with Crippen LogP contribution in [0.25, 0.3) is 11.0 Å². The van der Waals surface area contributed by atoms with E-state index < -0.39 is 0 Å². The zero-order valence-electron chi connectivity index (χ0n) is 10.1. The molecule has 2 aromatic rings. The van der Waals surface area contributed by atoms with Gasteiger partial charge in [-0.1, -0.05) is 20.8 Å². The second kappa shape index (κ2) is 3.85. The third kappa shape index (κ3) is 1.58. The molecule has 0 bridgehead atoms. The fourth-order valence-corrected chi connectivity index (χ4v) is 1.89. The van der Waals surface area contributed by atoms with E-state index in [9.17, 15) is 4.39 Å². The fraction of sp³-hybridized carbons (Fsp3) is 0.500. The maximum absolute atomic E-state index is 13.7. The number of hydrogen-bond acceptors (Lipinski definition) is 2. The van der Waals surface area contributed by atoms with Crippen LogP contribution in [0.2, 0.25) is 0 Å². The number of aryl methyl sites for hydroxylation is 2. The van der Waals surface area contributed by atoms with E-state index in [2.05, 4.69) is 10.1 Å². The normalized spacial score (nSPS) is 11.6. The third-order valence-electron chi connectivity index (χ3n) is 2.75. The second-order valence-electron chi connectivity index (χ2n) is 4.31. The van der Waals surface area contributed by atoms with E-state index in [1.165, 1.54) is 0 Å². The molecule has 16 heavy (non-hydrogen) atoms. The van der Waals surface area contributed by atoms with E-state index in [-0.39, 0.29) is 11.7 Å². The molecule has 0 amide bonds. The fourth-order valence-electron chi connectivity index (χ4n) is 1.89. The number of pyridine rings is 1. The third-order valence-corrected chi connectivity index (χ3v) is 2.75. The Morgan fingerprint density at radius 3 is 2.69 bits per heavy atom. The molecule has 0 aliphatic carbocycles. The van der Waals surface area contributed by atoms with Crippen LogP contribution < -0.4 is 0 Å². The maximum atomic E-state index is 13.7. The molecule has 0 aliphatic heterocycles. The molecule has 0 aliphatic rings. The lowest BCUT2D eigenvalue weighted by atomic mass is 10.1. The molecular weight excluding hydrogens is 205 g/mol. The van der Waals surface area contributed by atoms with Crippen LogP contribution in [0.5, 0.6) is 0 Å². The van der Waals surface area contributed by atoms with E-state index >= 15 is 0 Å². The van der Waals surface area contributed by atoms with Crippen molar-refractivity contribution in [2.45, 2.75) is 33.1 Å². The quantitative estimate of drug-likeness (QED) is 0.780. The molecule has 3 nitrogen and oxygen atoms in total. The summed E-state index contributed by atoms with van der Waals surface area (Å²) >= 11 is 0. The van der Waals surface area contributed by atoms with Gasteiger partial charge in [0, 0.05) is 12.4 Å². The molecule has 2 aromatic heterocycles. The van der Waals surface area contributed by atoms with Crippen molar-refractivity contribution in [3.8, 4) is 0 Å². The average Bonchev–Trinajstić information content (AvgIpc) is 2.54. The highest BCUT2D eigenvalue weighted by atomic mass is 19.1. The zero-order valence-corrected chi connectivity index (χ0v) is 10.1. The van der Waals surface area contributed by atoms with Gasteiger partial charge < -0.3 is 0 Å². The Morgan fingerprint density at radius 1 is 1.44 bits per heavy atom. The Hall–Kier alpha value is -1.45. The standard InChI is InChI=1S/C12H16FN3/c1-5-10-9(13)6-8-11(7(2)3)15-16(4)12(8)14-10/h6-7H,5H2,1-4H3. The summed E-state index contributed by atoms with van der Waals surface area (Å²) in [5.74, 6) is 0.0438. The first kappa shape index (κ1) is 11.0. The van der Waals surface area contributed by atoms with E-state index in [0.717, 1.165) is 16.7 Å². The topological polar surface area (TPSA) is 30.7 Å². The Kier molecular flexibility index (Phi) is 2.66. The van der Waals surface area contributed by atoms with Crippen LogP contribution in [-0.2, 0) is 13.5 Å². The van der Waals surface area contributed by atoms with Crippen molar-refractivity contribution in [1.82, 2.24) is 14.8 Å². The van der Waals surface area contributed by atoms with Crippen LogP contribution in [0.15, 0.2) is 6.07 Å². The summed E-state index contributed by atoms with van der Waals surface area (Å²) in [4.78, 5) is 4.32. The summed E-state index contributed by atoms with van der Waals surface area (Å²) in [5, 5.41) is 5.22. The smallest absolute Gasteiger partial charge is 0.158 e. The van der Waals surface area contributed by atoms with Crippen LogP contribution in [0.4, 0.5) is 4.39 Å². The predicted octanol–water partition coefficient (Wildman–Crippen LogP) is 2.79. The van der Waals surface area contributed by atoms with Gasteiger partial charge in [-0.05, 0) is 18.4 Å². The van der Waals surface area contributed by atoms with Gasteiger partial charge >= 0.3 is 0 Å². The van der Waals surface area contributed by atoms with Gasteiger partial charge in [0.25, 0.3) is 0 Å². The second-order valence-corrected chi connectivity index (χ2v) is 4.31. The van der Waals surface area contributed by atoms with Crippen molar-refractivity contribution < 1.29 is 4.39 Å². The lowest BCUT2D eigenvalue weighted by Crippen LogP contribution is -1.97. The SMILES string of the molecule is CCc1nc2c(cc1F)c(C(C)C)nn2C. The lowest BCUT2D eigenvalue weighted by Gasteiger charge is -2.02. The van der Waals surface area contributed by atoms with E-state index in [1.54, 1.807) is 10.7 Å². The zero-order chi connectivity index (χ0) is 11.9. The number of halogens is 1. The van der Waals surface area contributed by atoms with E-state index in [0.29, 0.717) is 12.1 Å². The molecule has 0 unspecified atom stereocenters. The Labute approximate surface area is 94.3 Å². The lowest BCUT2D eigenvalue weighted by molar-refractivity contribution is 0.604. The van der Waals surface area contributed by atoms with Gasteiger partial charge in [0.15, 0.2) is 5.65 Å². The number of aromatic nitrogens is 3. The van der Waals surface area contributed by atoms with Gasteiger partial charge in [0.2, 0.25) is 0 Å². The molecule has 0 fully saturated rings. The first-order valence-electron chi connectivity index (χ1n) is 5.56. The van der Waals surface area contributed by atoms with Crippen LogP contribution in [0.3, 0.4) is 0 Å². The van der Waals surface area contributed by atoms with Gasteiger partial charge in [-0.2, -0.15) is 5.10 Å². The van der Waals surface area contributed by atoms with E-state index in [4.69, 9.17) is 0 Å². The number of nitrogens with zero attached hydrogens (tertiary/aromatic N) is 3. The van der Waals surface area contributed by atoms with Gasteiger partial charge in [-0.25, -0.2) is 9.37 Å². The van der Waals surface area contributed by atoms with Crippen LogP contribution in [0, 0.1) is 5.82 Å². The number of hydrogen-bond donors (Lipinski definition) is 0. The highest BCUT2D eigenvalue weighted by Gasteiger charge is 2.15. The predicted molar refractivity (Wildman–Crippen MR) is 61.9 cm³/mol.